The Hall–Kier alpha value is -2.64. The normalized spacial score (nSPS) is 16.8. The van der Waals surface area contributed by atoms with Crippen LogP contribution >= 0.6 is 23.2 Å². The largest absolute Gasteiger partial charge is 0.440 e. The molecule has 0 aromatic heterocycles. The van der Waals surface area contributed by atoms with Crippen LogP contribution in [-0.2, 0) is 5.79 Å². The lowest BCUT2D eigenvalue weighted by Gasteiger charge is -2.30. The molecule has 33 heavy (non-hydrogen) atoms. The lowest BCUT2D eigenvalue weighted by Crippen LogP contribution is -2.38. The third-order valence-electron chi connectivity index (χ3n) is 5.88. The summed E-state index contributed by atoms with van der Waals surface area (Å²) in [5.74, 6) is -6.33. The van der Waals surface area contributed by atoms with E-state index in [9.17, 15) is 17.6 Å². The Morgan fingerprint density at radius 1 is 0.667 bits per heavy atom. The van der Waals surface area contributed by atoms with Crippen LogP contribution in [0.15, 0.2) is 42.5 Å². The summed E-state index contributed by atoms with van der Waals surface area (Å²) >= 11 is 12.5. The summed E-state index contributed by atoms with van der Waals surface area (Å²) in [6.45, 7) is 1.77. The van der Waals surface area contributed by atoms with Crippen molar-refractivity contribution in [2.45, 2.75) is 25.0 Å². The zero-order chi connectivity index (χ0) is 23.3. The fraction of sp³-hybridized carbons (Fsp3) is 0.250. The minimum absolute atomic E-state index is 0.147. The zero-order valence-corrected chi connectivity index (χ0v) is 18.6. The van der Waals surface area contributed by atoms with Crippen molar-refractivity contribution in [1.82, 2.24) is 0 Å². The topological polar surface area (TPSA) is 21.7 Å². The molecule has 1 fully saturated rings. The zero-order valence-electron chi connectivity index (χ0n) is 17.1. The van der Waals surface area contributed by atoms with E-state index in [1.54, 1.807) is 12.1 Å². The minimum Gasteiger partial charge on any atom is -0.440 e. The van der Waals surface area contributed by atoms with Crippen molar-refractivity contribution in [3.05, 3.63) is 86.9 Å². The van der Waals surface area contributed by atoms with Crippen LogP contribution in [0.2, 0.25) is 10.0 Å². The van der Waals surface area contributed by atoms with E-state index in [0.717, 1.165) is 62.3 Å². The Morgan fingerprint density at radius 3 is 1.76 bits per heavy atom. The molecule has 0 amide bonds. The molecule has 3 aromatic rings. The summed E-state index contributed by atoms with van der Waals surface area (Å²) in [4.78, 5) is 2.20. The average molecular weight is 498 g/mol. The Bertz CT molecular complexity index is 1190. The van der Waals surface area contributed by atoms with E-state index < -0.39 is 29.1 Å². The monoisotopic (exact) mass is 497 g/mol. The van der Waals surface area contributed by atoms with Crippen LogP contribution in [0.3, 0.4) is 0 Å². The highest BCUT2D eigenvalue weighted by Gasteiger charge is 2.49. The molecule has 172 valence electrons. The summed E-state index contributed by atoms with van der Waals surface area (Å²) < 4.78 is 68.4. The Labute approximate surface area is 197 Å². The number of piperidine rings is 1. The highest BCUT2D eigenvalue weighted by Crippen LogP contribution is 2.52. The van der Waals surface area contributed by atoms with Gasteiger partial charge in [0.1, 0.15) is 0 Å². The molecule has 5 rings (SSSR count). The molecule has 0 radical (unpaired) electrons. The molecule has 9 heteroatoms. The van der Waals surface area contributed by atoms with Crippen LogP contribution in [0.25, 0.3) is 0 Å². The number of nitrogens with zero attached hydrogens (tertiary/aromatic N) is 1. The summed E-state index contributed by atoms with van der Waals surface area (Å²) in [7, 11) is 0. The fourth-order valence-corrected chi connectivity index (χ4v) is 4.80. The molecule has 3 nitrogen and oxygen atoms in total. The second kappa shape index (κ2) is 8.29. The van der Waals surface area contributed by atoms with Gasteiger partial charge in [-0.3, -0.25) is 0 Å². The SMILES string of the molecule is Fc1cc(Cl)c(C2(c3cc(F)c(F)cc3Cl)Oc3ccc(N4CCCCC4)cc3O2)cc1F. The fourth-order valence-electron chi connectivity index (χ4n) is 4.25. The smallest absolute Gasteiger partial charge is 0.308 e. The van der Waals surface area contributed by atoms with Gasteiger partial charge in [0, 0.05) is 24.8 Å². The molecule has 0 atom stereocenters. The maximum absolute atomic E-state index is 14.3. The first-order chi connectivity index (χ1) is 15.8. The van der Waals surface area contributed by atoms with Gasteiger partial charge in [-0.05, 0) is 55.7 Å². The summed E-state index contributed by atoms with van der Waals surface area (Å²) in [6.07, 6.45) is 3.29. The van der Waals surface area contributed by atoms with Gasteiger partial charge in [-0.1, -0.05) is 23.2 Å². The molecule has 2 heterocycles. The maximum atomic E-state index is 14.3. The van der Waals surface area contributed by atoms with E-state index in [0.29, 0.717) is 0 Å². The first-order valence-corrected chi connectivity index (χ1v) is 11.1. The lowest BCUT2D eigenvalue weighted by molar-refractivity contribution is -0.0462. The van der Waals surface area contributed by atoms with Gasteiger partial charge < -0.3 is 14.4 Å². The van der Waals surface area contributed by atoms with Gasteiger partial charge in [0.2, 0.25) is 0 Å². The summed E-state index contributed by atoms with van der Waals surface area (Å²) in [6, 6.07) is 8.39. The number of halogens is 6. The van der Waals surface area contributed by atoms with E-state index >= 15 is 0 Å². The van der Waals surface area contributed by atoms with Crippen molar-refractivity contribution in [3.8, 4) is 11.5 Å². The third-order valence-corrected chi connectivity index (χ3v) is 6.51. The Morgan fingerprint density at radius 2 is 1.18 bits per heavy atom. The number of rotatable bonds is 3. The number of hydrogen-bond donors (Lipinski definition) is 0. The van der Waals surface area contributed by atoms with Crippen LogP contribution in [0.4, 0.5) is 23.2 Å². The van der Waals surface area contributed by atoms with Crippen LogP contribution in [0.5, 0.6) is 11.5 Å². The second-order valence-corrected chi connectivity index (χ2v) is 8.81. The van der Waals surface area contributed by atoms with Crippen LogP contribution in [-0.4, -0.2) is 13.1 Å². The molecule has 2 aliphatic heterocycles. The third kappa shape index (κ3) is 3.77. The van der Waals surface area contributed by atoms with Gasteiger partial charge in [0.25, 0.3) is 0 Å². The molecule has 3 aromatic carbocycles. The molecule has 0 unspecified atom stereocenters. The number of fused-ring (bicyclic) bond motifs is 1. The molecule has 2 aliphatic rings. The van der Waals surface area contributed by atoms with Crippen LogP contribution < -0.4 is 14.4 Å². The van der Waals surface area contributed by atoms with Gasteiger partial charge in [-0.2, -0.15) is 0 Å². The molecule has 0 saturated carbocycles. The summed E-state index contributed by atoms with van der Waals surface area (Å²) in [5, 5.41) is -0.475. The first kappa shape index (κ1) is 22.2. The molecular formula is C24H17Cl2F4NO2. The number of ether oxygens (including phenoxy) is 2. The van der Waals surface area contributed by atoms with Crippen LogP contribution in [0.1, 0.15) is 30.4 Å². The quantitative estimate of drug-likeness (QED) is 0.281. The van der Waals surface area contributed by atoms with Crippen molar-refractivity contribution in [2.24, 2.45) is 0 Å². The number of benzene rings is 3. The molecule has 0 bridgehead atoms. The van der Waals surface area contributed by atoms with Gasteiger partial charge >= 0.3 is 5.79 Å². The van der Waals surface area contributed by atoms with E-state index in [2.05, 4.69) is 4.90 Å². The molecule has 1 saturated heterocycles. The van der Waals surface area contributed by atoms with Crippen molar-refractivity contribution in [3.63, 3.8) is 0 Å². The van der Waals surface area contributed by atoms with Crippen molar-refractivity contribution >= 4 is 28.9 Å². The lowest BCUT2D eigenvalue weighted by atomic mass is 9.96. The predicted molar refractivity (Wildman–Crippen MR) is 117 cm³/mol. The molecule has 0 spiro atoms. The van der Waals surface area contributed by atoms with Gasteiger partial charge in [0.15, 0.2) is 34.8 Å². The highest BCUT2D eigenvalue weighted by molar-refractivity contribution is 6.32. The van der Waals surface area contributed by atoms with E-state index in [1.165, 1.54) is 0 Å². The minimum atomic E-state index is -2.07. The molecule has 0 aliphatic carbocycles. The van der Waals surface area contributed by atoms with E-state index in [1.807, 2.05) is 6.07 Å². The Balaban J connectivity index is 1.67. The van der Waals surface area contributed by atoms with Gasteiger partial charge in [0.05, 0.1) is 21.2 Å². The van der Waals surface area contributed by atoms with Crippen molar-refractivity contribution < 1.29 is 27.0 Å². The first-order valence-electron chi connectivity index (χ1n) is 10.4. The van der Waals surface area contributed by atoms with Gasteiger partial charge in [-0.25, -0.2) is 17.6 Å². The van der Waals surface area contributed by atoms with Gasteiger partial charge in [-0.15, -0.1) is 0 Å². The summed E-state index contributed by atoms with van der Waals surface area (Å²) in [5.41, 5.74) is 0.596. The van der Waals surface area contributed by atoms with E-state index in [4.69, 9.17) is 32.7 Å². The van der Waals surface area contributed by atoms with Crippen molar-refractivity contribution in [2.75, 3.05) is 18.0 Å². The highest BCUT2D eigenvalue weighted by atomic mass is 35.5. The van der Waals surface area contributed by atoms with E-state index in [-0.39, 0.29) is 32.7 Å². The molecule has 0 N–H and O–H groups in total. The Kier molecular flexibility index (Phi) is 5.57. The number of anilines is 1. The predicted octanol–water partition coefficient (Wildman–Crippen LogP) is 7.21. The van der Waals surface area contributed by atoms with Crippen LogP contribution in [0, 0.1) is 23.3 Å². The standard InChI is InChI=1S/C24H17Cl2F4NO2/c25-16-11-20(29)18(27)9-14(16)24(15-10-19(28)21(30)12-17(15)26)32-22-5-4-13(8-23(22)33-24)31-6-2-1-3-7-31/h4-5,8-12H,1-3,6-7H2. The number of hydrogen-bond acceptors (Lipinski definition) is 3. The maximum Gasteiger partial charge on any atom is 0.308 e. The average Bonchev–Trinajstić information content (AvgIpc) is 3.18. The van der Waals surface area contributed by atoms with Crippen molar-refractivity contribution in [1.29, 1.82) is 0 Å². The second-order valence-electron chi connectivity index (χ2n) is 7.99. The molecular weight excluding hydrogens is 481 g/mol.